The first-order valence-electron chi connectivity index (χ1n) is 10.1. The van der Waals surface area contributed by atoms with E-state index in [2.05, 4.69) is 36.2 Å². The van der Waals surface area contributed by atoms with Crippen molar-refractivity contribution in [2.75, 3.05) is 10.7 Å². The number of nitrogens with two attached hydrogens (primary N) is 1. The van der Waals surface area contributed by atoms with Crippen LogP contribution in [0.3, 0.4) is 0 Å². The molecular weight excluding hydrogens is 440 g/mol. The number of thioether (sulfide) groups is 1. The Bertz CT molecular complexity index is 1230. The second kappa shape index (κ2) is 8.42. The maximum Gasteiger partial charge on any atom is 0.219 e. The maximum absolute atomic E-state index is 13.5. The number of aryl methyl sites for hydroxylation is 1. The molecule has 2 heterocycles. The Labute approximate surface area is 195 Å². The summed E-state index contributed by atoms with van der Waals surface area (Å²) in [4.78, 5) is 15.2. The summed E-state index contributed by atoms with van der Waals surface area (Å²) < 4.78 is 0.636. The largest absolute Gasteiger partial charge is 0.384 e. The Morgan fingerprint density at radius 1 is 1.25 bits per heavy atom. The lowest BCUT2D eigenvalue weighted by Crippen LogP contribution is -2.42. The van der Waals surface area contributed by atoms with Crippen molar-refractivity contribution in [1.29, 1.82) is 10.5 Å². The fourth-order valence-electron chi connectivity index (χ4n) is 4.26. The smallest absolute Gasteiger partial charge is 0.219 e. The van der Waals surface area contributed by atoms with E-state index < -0.39 is 5.92 Å². The van der Waals surface area contributed by atoms with Gasteiger partial charge in [-0.15, -0.1) is 10.2 Å². The standard InChI is InChI=1S/C23H22N6OS2/c1-13-4-6-14(7-5-13)18-15(12-25)20(26)29(21-27-28-22(32-21)31-9-8-24)16-10-23(2,3)11-17(30)19(16)18/h4-7,18H,9-11,26H2,1-3H3. The minimum Gasteiger partial charge on any atom is -0.384 e. The molecule has 1 unspecified atom stereocenters. The minimum absolute atomic E-state index is 0.0238. The zero-order valence-corrected chi connectivity index (χ0v) is 19.7. The van der Waals surface area contributed by atoms with Crippen LogP contribution in [-0.4, -0.2) is 21.7 Å². The molecule has 9 heteroatoms. The third kappa shape index (κ3) is 3.90. The number of allylic oxidation sites excluding steroid dienone is 3. The normalized spacial score (nSPS) is 20.1. The molecule has 2 N–H and O–H groups in total. The highest BCUT2D eigenvalue weighted by molar-refractivity contribution is 8.01. The summed E-state index contributed by atoms with van der Waals surface area (Å²) in [5.41, 5.74) is 10.0. The molecule has 1 aliphatic carbocycles. The number of Topliss-reactive ketones (excluding diaryl/α,β-unsaturated/α-hetero) is 1. The molecule has 162 valence electrons. The van der Waals surface area contributed by atoms with E-state index in [4.69, 9.17) is 11.0 Å². The van der Waals surface area contributed by atoms with E-state index in [0.717, 1.165) is 16.8 Å². The van der Waals surface area contributed by atoms with Gasteiger partial charge in [-0.1, -0.05) is 66.8 Å². The number of carbonyl (C=O) groups is 1. The van der Waals surface area contributed by atoms with Crippen LogP contribution in [0.4, 0.5) is 5.13 Å². The number of aromatic nitrogens is 2. The number of hydrogen-bond acceptors (Lipinski definition) is 9. The highest BCUT2D eigenvalue weighted by atomic mass is 32.2. The second-order valence-corrected chi connectivity index (χ2v) is 10.9. The third-order valence-electron chi connectivity index (χ3n) is 5.64. The van der Waals surface area contributed by atoms with Crippen LogP contribution in [0.15, 0.2) is 51.3 Å². The molecule has 1 atom stereocenters. The summed E-state index contributed by atoms with van der Waals surface area (Å²) in [6.07, 6.45) is 1.02. The summed E-state index contributed by atoms with van der Waals surface area (Å²) in [5, 5.41) is 27.9. The van der Waals surface area contributed by atoms with Crippen molar-refractivity contribution < 1.29 is 4.79 Å². The molecular formula is C23H22N6OS2. The molecule has 1 aromatic heterocycles. The molecule has 0 radical (unpaired) electrons. The summed E-state index contributed by atoms with van der Waals surface area (Å²) in [5.74, 6) is 0.0556. The van der Waals surface area contributed by atoms with Crippen LogP contribution in [0.1, 0.15) is 43.7 Å². The van der Waals surface area contributed by atoms with Crippen molar-refractivity contribution in [2.24, 2.45) is 11.1 Å². The molecule has 0 fully saturated rings. The van der Waals surface area contributed by atoms with Crippen LogP contribution in [0.2, 0.25) is 0 Å². The van der Waals surface area contributed by atoms with Gasteiger partial charge in [-0.2, -0.15) is 10.5 Å². The van der Waals surface area contributed by atoms with Gasteiger partial charge in [-0.25, -0.2) is 0 Å². The molecule has 2 aromatic rings. The van der Waals surface area contributed by atoms with Gasteiger partial charge in [0, 0.05) is 17.7 Å². The summed E-state index contributed by atoms with van der Waals surface area (Å²) in [7, 11) is 0. The number of hydrogen-bond donors (Lipinski definition) is 1. The van der Waals surface area contributed by atoms with E-state index in [1.165, 1.54) is 23.1 Å². The van der Waals surface area contributed by atoms with Gasteiger partial charge in [0.25, 0.3) is 0 Å². The SMILES string of the molecule is Cc1ccc(C2C(C#N)=C(N)N(c3nnc(SCC#N)s3)C3=C2C(=O)CC(C)(C)C3)cc1. The summed E-state index contributed by atoms with van der Waals surface area (Å²) >= 11 is 2.59. The fraction of sp³-hybridized carbons (Fsp3) is 0.348. The monoisotopic (exact) mass is 462 g/mol. The predicted octanol–water partition coefficient (Wildman–Crippen LogP) is 4.40. The van der Waals surface area contributed by atoms with Gasteiger partial charge < -0.3 is 5.73 Å². The topological polar surface area (TPSA) is 120 Å². The molecule has 7 nitrogen and oxygen atoms in total. The van der Waals surface area contributed by atoms with Crippen molar-refractivity contribution in [1.82, 2.24) is 10.2 Å². The number of anilines is 1. The highest BCUT2D eigenvalue weighted by Crippen LogP contribution is 2.50. The van der Waals surface area contributed by atoms with Crippen molar-refractivity contribution >= 4 is 34.0 Å². The van der Waals surface area contributed by atoms with Crippen molar-refractivity contribution in [2.45, 2.75) is 43.9 Å². The van der Waals surface area contributed by atoms with Crippen molar-refractivity contribution in [3.05, 3.63) is 58.1 Å². The van der Waals surface area contributed by atoms with Gasteiger partial charge in [0.2, 0.25) is 5.13 Å². The van der Waals surface area contributed by atoms with E-state index in [1.54, 1.807) is 4.90 Å². The first kappa shape index (κ1) is 22.1. The minimum atomic E-state index is -0.504. The summed E-state index contributed by atoms with van der Waals surface area (Å²) in [6.45, 7) is 6.11. The highest BCUT2D eigenvalue weighted by Gasteiger charge is 2.45. The molecule has 1 aromatic carbocycles. The van der Waals surface area contributed by atoms with E-state index in [1.807, 2.05) is 31.2 Å². The molecule has 32 heavy (non-hydrogen) atoms. The number of nitriles is 2. The molecule has 2 aliphatic rings. The van der Waals surface area contributed by atoms with E-state index in [9.17, 15) is 10.1 Å². The van der Waals surface area contributed by atoms with Gasteiger partial charge in [0.1, 0.15) is 5.82 Å². The van der Waals surface area contributed by atoms with E-state index in [0.29, 0.717) is 33.5 Å². The van der Waals surface area contributed by atoms with E-state index in [-0.39, 0.29) is 22.8 Å². The number of benzene rings is 1. The lowest BCUT2D eigenvalue weighted by Gasteiger charge is -2.42. The van der Waals surface area contributed by atoms with Gasteiger partial charge in [-0.05, 0) is 24.3 Å². The molecule has 0 bridgehead atoms. The molecule has 1 aliphatic heterocycles. The van der Waals surface area contributed by atoms with E-state index >= 15 is 0 Å². The third-order valence-corrected chi connectivity index (χ3v) is 7.55. The Morgan fingerprint density at radius 2 is 1.97 bits per heavy atom. The Morgan fingerprint density at radius 3 is 2.62 bits per heavy atom. The molecule has 0 saturated heterocycles. The Hall–Kier alpha value is -3.14. The van der Waals surface area contributed by atoms with Crippen molar-refractivity contribution in [3.63, 3.8) is 0 Å². The Balaban J connectivity index is 1.91. The van der Waals surface area contributed by atoms with Crippen LogP contribution < -0.4 is 10.6 Å². The zero-order chi connectivity index (χ0) is 23.0. The van der Waals surface area contributed by atoms with Crippen LogP contribution in [0.5, 0.6) is 0 Å². The van der Waals surface area contributed by atoms with Gasteiger partial charge in [-0.3, -0.25) is 9.69 Å². The molecule has 4 rings (SSSR count). The van der Waals surface area contributed by atoms with Crippen LogP contribution in [0, 0.1) is 35.0 Å². The average Bonchev–Trinajstić information content (AvgIpc) is 3.19. The van der Waals surface area contributed by atoms with Gasteiger partial charge in [0.15, 0.2) is 10.1 Å². The van der Waals surface area contributed by atoms with Gasteiger partial charge in [0.05, 0.1) is 29.4 Å². The first-order valence-corrected chi connectivity index (χ1v) is 11.9. The Kier molecular flexibility index (Phi) is 5.81. The number of nitrogens with zero attached hydrogens (tertiary/aromatic N) is 5. The number of ketones is 1. The second-order valence-electron chi connectivity index (χ2n) is 8.69. The molecule has 0 spiro atoms. The number of carbonyl (C=O) groups excluding carboxylic acids is 1. The quantitative estimate of drug-likeness (QED) is 0.664. The van der Waals surface area contributed by atoms with Crippen LogP contribution in [0.25, 0.3) is 0 Å². The first-order chi connectivity index (χ1) is 15.3. The predicted molar refractivity (Wildman–Crippen MR) is 125 cm³/mol. The van der Waals surface area contributed by atoms with Crippen molar-refractivity contribution in [3.8, 4) is 12.1 Å². The fourth-order valence-corrected chi connectivity index (χ4v) is 5.81. The average molecular weight is 463 g/mol. The lowest BCUT2D eigenvalue weighted by atomic mass is 9.68. The summed E-state index contributed by atoms with van der Waals surface area (Å²) in [6, 6.07) is 12.2. The lowest BCUT2D eigenvalue weighted by molar-refractivity contribution is -0.118. The molecule has 0 amide bonds. The maximum atomic E-state index is 13.5. The van der Waals surface area contributed by atoms with Crippen LogP contribution in [-0.2, 0) is 4.79 Å². The zero-order valence-electron chi connectivity index (χ0n) is 18.0. The van der Waals surface area contributed by atoms with Gasteiger partial charge >= 0.3 is 0 Å². The van der Waals surface area contributed by atoms with Crippen LogP contribution >= 0.6 is 23.1 Å². The number of rotatable bonds is 4. The molecule has 0 saturated carbocycles.